The van der Waals surface area contributed by atoms with Gasteiger partial charge in [-0.3, -0.25) is 4.79 Å². The molecule has 0 saturated heterocycles. The molecule has 0 aliphatic carbocycles. The summed E-state index contributed by atoms with van der Waals surface area (Å²) >= 11 is 0. The summed E-state index contributed by atoms with van der Waals surface area (Å²) < 4.78 is 18.7. The van der Waals surface area contributed by atoms with Gasteiger partial charge in [-0.2, -0.15) is 0 Å². The van der Waals surface area contributed by atoms with E-state index in [0.717, 1.165) is 59.5 Å². The maximum atomic E-state index is 13.1. The van der Waals surface area contributed by atoms with Gasteiger partial charge in [0.15, 0.2) is 0 Å². The standard InChI is InChI=1S/C38H54O5/c1-24(2)12-9-13-25(3)14-10-15-26(4)16-11-20-38(8)21-19-31-29(7)36(27(5)28(6)37(31)43-38)42-34-23-41-33-22-30(39)17-18-32(33)35(34)40/h17-18,22-26,39H,9-16,19-21H2,1-8H3/t25-,26+,38-/m0/s1. The van der Waals surface area contributed by atoms with Crippen molar-refractivity contribution in [1.29, 1.82) is 0 Å². The van der Waals surface area contributed by atoms with Gasteiger partial charge in [-0.25, -0.2) is 0 Å². The van der Waals surface area contributed by atoms with Crippen molar-refractivity contribution in [2.75, 3.05) is 0 Å². The Balaban J connectivity index is 1.35. The lowest BCUT2D eigenvalue weighted by Gasteiger charge is -2.38. The first-order valence-electron chi connectivity index (χ1n) is 16.6. The second-order valence-electron chi connectivity index (χ2n) is 14.1. The predicted molar refractivity (Wildman–Crippen MR) is 177 cm³/mol. The van der Waals surface area contributed by atoms with Gasteiger partial charge < -0.3 is 19.0 Å². The van der Waals surface area contributed by atoms with Crippen LogP contribution >= 0.6 is 0 Å². The van der Waals surface area contributed by atoms with Crippen LogP contribution in [0.4, 0.5) is 0 Å². The highest BCUT2D eigenvalue weighted by Crippen LogP contribution is 2.46. The van der Waals surface area contributed by atoms with E-state index in [4.69, 9.17) is 13.9 Å². The lowest BCUT2D eigenvalue weighted by Crippen LogP contribution is -2.37. The van der Waals surface area contributed by atoms with Crippen LogP contribution in [0.2, 0.25) is 0 Å². The fraction of sp³-hybridized carbons (Fsp3) is 0.605. The first-order chi connectivity index (χ1) is 20.4. The average Bonchev–Trinajstić information content (AvgIpc) is 2.95. The second-order valence-corrected chi connectivity index (χ2v) is 14.1. The molecule has 0 saturated carbocycles. The van der Waals surface area contributed by atoms with Crippen molar-refractivity contribution in [3.05, 3.63) is 56.9 Å². The Kier molecular flexibility index (Phi) is 10.9. The van der Waals surface area contributed by atoms with E-state index >= 15 is 0 Å². The second kappa shape index (κ2) is 14.2. The molecule has 3 aromatic rings. The molecule has 0 unspecified atom stereocenters. The first kappa shape index (κ1) is 33.0. The van der Waals surface area contributed by atoms with Gasteiger partial charge in [0.25, 0.3) is 0 Å². The van der Waals surface area contributed by atoms with Gasteiger partial charge in [-0.05, 0) is 100.0 Å². The summed E-state index contributed by atoms with van der Waals surface area (Å²) in [5.74, 6) is 4.29. The number of hydrogen-bond donors (Lipinski definition) is 1. The molecule has 0 amide bonds. The Hall–Kier alpha value is -2.95. The summed E-state index contributed by atoms with van der Waals surface area (Å²) in [7, 11) is 0. The van der Waals surface area contributed by atoms with Crippen molar-refractivity contribution in [3.8, 4) is 23.0 Å². The molecule has 2 heterocycles. The fourth-order valence-electron chi connectivity index (χ4n) is 6.69. The van der Waals surface area contributed by atoms with Gasteiger partial charge in [-0.15, -0.1) is 0 Å². The Morgan fingerprint density at radius 3 is 2.23 bits per heavy atom. The summed E-state index contributed by atoms with van der Waals surface area (Å²) in [6.07, 6.45) is 14.9. The zero-order chi connectivity index (χ0) is 31.3. The van der Waals surface area contributed by atoms with Crippen LogP contribution in [-0.4, -0.2) is 10.7 Å². The third kappa shape index (κ3) is 8.16. The van der Waals surface area contributed by atoms with Crippen LogP contribution in [0.25, 0.3) is 11.0 Å². The van der Waals surface area contributed by atoms with E-state index in [1.54, 1.807) is 6.07 Å². The average molecular weight is 591 g/mol. The Morgan fingerprint density at radius 1 is 0.907 bits per heavy atom. The van der Waals surface area contributed by atoms with Crippen molar-refractivity contribution in [2.24, 2.45) is 17.8 Å². The van der Waals surface area contributed by atoms with E-state index in [1.807, 2.05) is 6.92 Å². The maximum absolute atomic E-state index is 13.1. The van der Waals surface area contributed by atoms with E-state index < -0.39 is 0 Å². The number of phenolic OH excluding ortho intramolecular Hbond substituents is 1. The van der Waals surface area contributed by atoms with E-state index in [-0.39, 0.29) is 22.5 Å². The summed E-state index contributed by atoms with van der Waals surface area (Å²) in [6, 6.07) is 4.48. The number of rotatable bonds is 14. The maximum Gasteiger partial charge on any atom is 0.235 e. The van der Waals surface area contributed by atoms with Gasteiger partial charge in [0.2, 0.25) is 11.2 Å². The summed E-state index contributed by atoms with van der Waals surface area (Å²) in [5.41, 5.74) is 4.11. The van der Waals surface area contributed by atoms with E-state index in [9.17, 15) is 9.90 Å². The van der Waals surface area contributed by atoms with Crippen molar-refractivity contribution in [2.45, 2.75) is 132 Å². The van der Waals surface area contributed by atoms with E-state index in [2.05, 4.69) is 48.5 Å². The lowest BCUT2D eigenvalue weighted by atomic mass is 9.83. The van der Waals surface area contributed by atoms with Gasteiger partial charge in [0.05, 0.1) is 5.39 Å². The summed E-state index contributed by atoms with van der Waals surface area (Å²) in [6.45, 7) is 17.9. The molecule has 4 rings (SSSR count). The minimum absolute atomic E-state index is 0.0516. The first-order valence-corrected chi connectivity index (χ1v) is 16.6. The Labute approximate surface area is 259 Å². The smallest absolute Gasteiger partial charge is 0.235 e. The van der Waals surface area contributed by atoms with Crippen LogP contribution in [0.3, 0.4) is 0 Å². The monoisotopic (exact) mass is 590 g/mol. The minimum atomic E-state index is -0.260. The SMILES string of the molecule is Cc1c(C)c2c(c(C)c1Oc1coc3cc(O)ccc3c1=O)CC[C@](C)(CCC[C@H](C)CCC[C@@H](C)CCCC(C)C)O2. The Bertz CT molecular complexity index is 1450. The number of hydrogen-bond acceptors (Lipinski definition) is 5. The topological polar surface area (TPSA) is 68.9 Å². The molecule has 0 fully saturated rings. The number of fused-ring (bicyclic) bond motifs is 2. The molecule has 1 aliphatic heterocycles. The Morgan fingerprint density at radius 2 is 1.56 bits per heavy atom. The predicted octanol–water partition coefficient (Wildman–Crippen LogP) is 10.7. The van der Waals surface area contributed by atoms with Crippen molar-refractivity contribution >= 4 is 11.0 Å². The molecule has 5 heteroatoms. The molecule has 43 heavy (non-hydrogen) atoms. The quantitative estimate of drug-likeness (QED) is 0.202. The molecule has 3 atom stereocenters. The highest BCUT2D eigenvalue weighted by atomic mass is 16.5. The zero-order valence-corrected chi connectivity index (χ0v) is 27.9. The van der Waals surface area contributed by atoms with Crippen molar-refractivity contribution < 1.29 is 19.0 Å². The minimum Gasteiger partial charge on any atom is -0.508 e. The number of benzene rings is 2. The van der Waals surface area contributed by atoms with Crippen LogP contribution in [0.1, 0.15) is 121 Å². The molecular formula is C38H54O5. The highest BCUT2D eigenvalue weighted by Gasteiger charge is 2.34. The molecular weight excluding hydrogens is 536 g/mol. The van der Waals surface area contributed by atoms with Crippen LogP contribution in [0.15, 0.2) is 33.7 Å². The highest BCUT2D eigenvalue weighted by molar-refractivity contribution is 5.79. The van der Waals surface area contributed by atoms with Crippen molar-refractivity contribution in [3.63, 3.8) is 0 Å². The van der Waals surface area contributed by atoms with E-state index in [0.29, 0.717) is 16.7 Å². The van der Waals surface area contributed by atoms with Crippen molar-refractivity contribution in [1.82, 2.24) is 0 Å². The number of phenols is 1. The zero-order valence-electron chi connectivity index (χ0n) is 27.9. The summed E-state index contributed by atoms with van der Waals surface area (Å²) in [4.78, 5) is 13.1. The van der Waals surface area contributed by atoms with Crippen LogP contribution < -0.4 is 14.9 Å². The fourth-order valence-corrected chi connectivity index (χ4v) is 6.69. The van der Waals surface area contributed by atoms with E-state index in [1.165, 1.54) is 75.3 Å². The molecule has 0 radical (unpaired) electrons. The largest absolute Gasteiger partial charge is 0.508 e. The third-order valence-electron chi connectivity index (χ3n) is 9.78. The normalized spacial score (nSPS) is 18.0. The molecule has 0 spiro atoms. The van der Waals surface area contributed by atoms with Gasteiger partial charge in [-0.1, -0.05) is 72.6 Å². The van der Waals surface area contributed by atoms with Gasteiger partial charge >= 0.3 is 0 Å². The van der Waals surface area contributed by atoms with Crippen LogP contribution in [0.5, 0.6) is 23.0 Å². The molecule has 1 aromatic heterocycles. The van der Waals surface area contributed by atoms with Gasteiger partial charge in [0.1, 0.15) is 34.7 Å². The molecule has 0 bridgehead atoms. The number of aromatic hydroxyl groups is 1. The van der Waals surface area contributed by atoms with Gasteiger partial charge in [0, 0.05) is 11.6 Å². The molecule has 5 nitrogen and oxygen atoms in total. The molecule has 2 aromatic carbocycles. The molecule has 236 valence electrons. The third-order valence-corrected chi connectivity index (χ3v) is 9.78. The number of ether oxygens (including phenoxy) is 2. The molecule has 1 N–H and O–H groups in total. The molecule has 1 aliphatic rings. The summed E-state index contributed by atoms with van der Waals surface area (Å²) in [5, 5.41) is 10.1. The lowest BCUT2D eigenvalue weighted by molar-refractivity contribution is 0.0512. The van der Waals surface area contributed by atoms with Crippen LogP contribution in [0, 0.1) is 38.5 Å². The van der Waals surface area contributed by atoms with Crippen LogP contribution in [-0.2, 0) is 6.42 Å².